The summed E-state index contributed by atoms with van der Waals surface area (Å²) in [6, 6.07) is 0. The summed E-state index contributed by atoms with van der Waals surface area (Å²) >= 11 is 0. The van der Waals surface area contributed by atoms with E-state index in [2.05, 4.69) is 29.2 Å². The van der Waals surface area contributed by atoms with Gasteiger partial charge in [-0.1, -0.05) is 0 Å². The van der Waals surface area contributed by atoms with E-state index in [0.717, 1.165) is 18.5 Å². The van der Waals surface area contributed by atoms with Crippen molar-refractivity contribution in [3.8, 4) is 0 Å². The molecule has 1 aliphatic rings. The van der Waals surface area contributed by atoms with Gasteiger partial charge in [-0.25, -0.2) is 0 Å². The first-order chi connectivity index (χ1) is 7.93. The Kier molecular flexibility index (Phi) is 7.40. The van der Waals surface area contributed by atoms with E-state index in [4.69, 9.17) is 0 Å². The molecule has 0 aromatic heterocycles. The van der Waals surface area contributed by atoms with Crippen molar-refractivity contribution >= 4 is 7.07 Å². The molecule has 2 nitrogen and oxygen atoms in total. The Morgan fingerprint density at radius 1 is 1.19 bits per heavy atom. The van der Waals surface area contributed by atoms with Crippen molar-refractivity contribution in [3.05, 3.63) is 36.5 Å². The van der Waals surface area contributed by atoms with Crippen LogP contribution in [0.3, 0.4) is 0 Å². The second-order valence-electron chi connectivity index (χ2n) is 4.04. The first-order valence-electron chi connectivity index (χ1n) is 6.20. The molecule has 0 amide bonds. The fraction of sp³-hybridized carbons (Fsp3) is 0.538. The maximum absolute atomic E-state index is 3.97. The zero-order valence-electron chi connectivity index (χ0n) is 9.99. The van der Waals surface area contributed by atoms with Crippen molar-refractivity contribution in [2.75, 3.05) is 0 Å². The van der Waals surface area contributed by atoms with E-state index >= 15 is 0 Å². The van der Waals surface area contributed by atoms with E-state index in [9.17, 15) is 0 Å². The van der Waals surface area contributed by atoms with Gasteiger partial charge in [0.05, 0.1) is 0 Å². The minimum absolute atomic E-state index is 1.12. The van der Waals surface area contributed by atoms with Crippen LogP contribution in [0.15, 0.2) is 41.5 Å². The molecule has 1 aliphatic heterocycles. The molecule has 0 aromatic carbocycles. The Labute approximate surface area is 99.4 Å². The van der Waals surface area contributed by atoms with Gasteiger partial charge in [-0.2, -0.15) is 0 Å². The van der Waals surface area contributed by atoms with Gasteiger partial charge in [0.1, 0.15) is 0 Å². The molecule has 16 heavy (non-hydrogen) atoms. The summed E-state index contributed by atoms with van der Waals surface area (Å²) in [4.78, 5) is 0. The van der Waals surface area contributed by atoms with Gasteiger partial charge in [0, 0.05) is 0 Å². The summed E-state index contributed by atoms with van der Waals surface area (Å²) in [5.74, 6) is 1.96. The van der Waals surface area contributed by atoms with Crippen molar-refractivity contribution in [1.29, 1.82) is 0 Å². The molecule has 0 fully saturated rings. The van der Waals surface area contributed by atoms with E-state index in [1.54, 1.807) is 7.07 Å². The number of unbranched alkanes of at least 4 members (excludes halogenated alkanes) is 6. The van der Waals surface area contributed by atoms with Gasteiger partial charge in [-0.3, -0.25) is 0 Å². The third kappa shape index (κ3) is 6.38. The standard InChI is InChI=1S/C13H21BN2/c1-2-3-4-5-6-7-8-9-10-13-11-12-14-16-15-13/h2,10-12,15H,1,3-9H2. The summed E-state index contributed by atoms with van der Waals surface area (Å²) in [5, 5.41) is 3.97. The van der Waals surface area contributed by atoms with Crippen LogP contribution in [0.2, 0.25) is 0 Å². The summed E-state index contributed by atoms with van der Waals surface area (Å²) in [6.45, 7) is 3.73. The predicted octanol–water partition coefficient (Wildman–Crippen LogP) is 3.71. The predicted molar refractivity (Wildman–Crippen MR) is 71.1 cm³/mol. The van der Waals surface area contributed by atoms with Crippen LogP contribution in [0.1, 0.15) is 44.9 Å². The van der Waals surface area contributed by atoms with Crippen molar-refractivity contribution in [2.45, 2.75) is 44.9 Å². The zero-order chi connectivity index (χ0) is 11.5. The van der Waals surface area contributed by atoms with Crippen LogP contribution >= 0.6 is 0 Å². The molecule has 0 spiro atoms. The van der Waals surface area contributed by atoms with Gasteiger partial charge in [-0.15, -0.1) is 6.58 Å². The number of nitrogens with zero attached hydrogens (tertiary/aromatic N) is 1. The molecule has 0 bridgehead atoms. The van der Waals surface area contributed by atoms with Crippen LogP contribution in [-0.2, 0) is 0 Å². The SMILES string of the molecule is C=CCCCCCCCC=C1C=CB=NN1. The van der Waals surface area contributed by atoms with Crippen molar-refractivity contribution < 1.29 is 0 Å². The number of hydrogen-bond acceptors (Lipinski definition) is 2. The van der Waals surface area contributed by atoms with Gasteiger partial charge < -0.3 is 0 Å². The number of rotatable bonds is 8. The minimum atomic E-state index is 1.12. The third-order valence-electron chi connectivity index (χ3n) is 2.61. The quantitative estimate of drug-likeness (QED) is 0.373. The van der Waals surface area contributed by atoms with Gasteiger partial charge >= 0.3 is 92.3 Å². The van der Waals surface area contributed by atoms with Gasteiger partial charge in [0.2, 0.25) is 0 Å². The van der Waals surface area contributed by atoms with E-state index < -0.39 is 0 Å². The fourth-order valence-corrected chi connectivity index (χ4v) is 1.67. The van der Waals surface area contributed by atoms with Gasteiger partial charge in [-0.05, 0) is 0 Å². The van der Waals surface area contributed by atoms with Crippen molar-refractivity contribution in [2.24, 2.45) is 5.00 Å². The molecule has 1 heterocycles. The molecule has 0 unspecified atom stereocenters. The molecule has 1 rings (SSSR count). The third-order valence-corrected chi connectivity index (χ3v) is 2.61. The maximum atomic E-state index is 3.97. The summed E-state index contributed by atoms with van der Waals surface area (Å²) in [6.07, 6.45) is 15.2. The number of hydrogen-bond donors (Lipinski definition) is 1. The molecular formula is C13H21BN2. The summed E-state index contributed by atoms with van der Waals surface area (Å²) in [5.41, 5.74) is 4.09. The summed E-state index contributed by atoms with van der Waals surface area (Å²) in [7, 11) is 1.76. The molecule has 0 saturated carbocycles. The van der Waals surface area contributed by atoms with E-state index in [1.807, 2.05) is 12.1 Å². The Balaban J connectivity index is 1.93. The van der Waals surface area contributed by atoms with Crippen LogP contribution in [0.4, 0.5) is 0 Å². The van der Waals surface area contributed by atoms with Crippen molar-refractivity contribution in [1.82, 2.24) is 5.43 Å². The Morgan fingerprint density at radius 2 is 1.94 bits per heavy atom. The molecule has 0 aromatic rings. The normalized spacial score (nSPS) is 15.9. The van der Waals surface area contributed by atoms with Gasteiger partial charge in [0.25, 0.3) is 0 Å². The number of allylic oxidation sites excluding steroid dienone is 3. The van der Waals surface area contributed by atoms with Crippen LogP contribution in [0.25, 0.3) is 0 Å². The monoisotopic (exact) mass is 216 g/mol. The first-order valence-corrected chi connectivity index (χ1v) is 6.20. The van der Waals surface area contributed by atoms with E-state index in [-0.39, 0.29) is 0 Å². The number of nitrogens with one attached hydrogen (secondary N) is 1. The fourth-order valence-electron chi connectivity index (χ4n) is 1.67. The van der Waals surface area contributed by atoms with Crippen LogP contribution < -0.4 is 5.43 Å². The molecule has 0 radical (unpaired) electrons. The average Bonchev–Trinajstić information content (AvgIpc) is 2.34. The Hall–Kier alpha value is -1.12. The van der Waals surface area contributed by atoms with Gasteiger partial charge in [0.15, 0.2) is 0 Å². The molecule has 3 heteroatoms. The molecule has 0 saturated heterocycles. The average molecular weight is 216 g/mol. The first kappa shape index (κ1) is 13.0. The second kappa shape index (κ2) is 9.14. The van der Waals surface area contributed by atoms with Crippen LogP contribution in [-0.4, -0.2) is 7.07 Å². The molecule has 1 N–H and O–H groups in total. The van der Waals surface area contributed by atoms with Crippen molar-refractivity contribution in [3.63, 3.8) is 0 Å². The Bertz CT molecular complexity index is 280. The summed E-state index contributed by atoms with van der Waals surface area (Å²) < 4.78 is 0. The zero-order valence-corrected chi connectivity index (χ0v) is 9.99. The van der Waals surface area contributed by atoms with E-state index in [0.29, 0.717) is 0 Å². The van der Waals surface area contributed by atoms with Crippen LogP contribution in [0.5, 0.6) is 0 Å². The molecule has 0 aliphatic carbocycles. The second-order valence-corrected chi connectivity index (χ2v) is 4.04. The Morgan fingerprint density at radius 3 is 2.62 bits per heavy atom. The molecule has 0 atom stereocenters. The molecular weight excluding hydrogens is 195 g/mol. The van der Waals surface area contributed by atoms with E-state index in [1.165, 1.54) is 32.1 Å². The molecule has 86 valence electrons. The topological polar surface area (TPSA) is 24.4 Å². The van der Waals surface area contributed by atoms with Crippen LogP contribution in [0, 0.1) is 0 Å².